The Morgan fingerprint density at radius 3 is 2.49 bits per heavy atom. The van der Waals surface area contributed by atoms with Crippen LogP contribution >= 0.6 is 0 Å². The number of carbonyl (C=O) groups excluding carboxylic acids is 4. The molecular formula is C27H26F2N2O4. The number of rotatable bonds is 7. The van der Waals surface area contributed by atoms with Gasteiger partial charge < -0.3 is 4.90 Å². The number of amides is 3. The zero-order valence-corrected chi connectivity index (χ0v) is 19.4. The highest BCUT2D eigenvalue weighted by Crippen LogP contribution is 2.48. The van der Waals surface area contributed by atoms with Crippen molar-refractivity contribution in [2.45, 2.75) is 69.4 Å². The molecule has 35 heavy (non-hydrogen) atoms. The second-order valence-corrected chi connectivity index (χ2v) is 10.0. The minimum Gasteiger partial charge on any atom is -0.322 e. The van der Waals surface area contributed by atoms with Crippen molar-refractivity contribution in [1.82, 2.24) is 10.2 Å². The molecule has 0 spiro atoms. The molecule has 1 saturated carbocycles. The summed E-state index contributed by atoms with van der Waals surface area (Å²) in [6, 6.07) is 10.4. The molecule has 3 amide bonds. The summed E-state index contributed by atoms with van der Waals surface area (Å²) >= 11 is 0. The fourth-order valence-corrected chi connectivity index (χ4v) is 4.92. The van der Waals surface area contributed by atoms with Crippen LogP contribution in [-0.2, 0) is 38.7 Å². The van der Waals surface area contributed by atoms with Gasteiger partial charge >= 0.3 is 5.92 Å². The fourth-order valence-electron chi connectivity index (χ4n) is 4.92. The molecule has 5 rings (SSSR count). The lowest BCUT2D eigenvalue weighted by atomic mass is 9.93. The van der Waals surface area contributed by atoms with Crippen LogP contribution in [0.1, 0.15) is 71.6 Å². The first-order valence-electron chi connectivity index (χ1n) is 11.9. The van der Waals surface area contributed by atoms with Gasteiger partial charge in [0.25, 0.3) is 5.91 Å². The van der Waals surface area contributed by atoms with Crippen LogP contribution < -0.4 is 5.32 Å². The molecule has 2 heterocycles. The molecule has 6 nitrogen and oxygen atoms in total. The Kier molecular flexibility index (Phi) is 5.57. The van der Waals surface area contributed by atoms with E-state index in [1.807, 2.05) is 0 Å². The minimum absolute atomic E-state index is 0.0700. The first kappa shape index (κ1) is 23.3. The second-order valence-electron chi connectivity index (χ2n) is 10.0. The number of piperidine rings is 1. The number of hydrogen-bond acceptors (Lipinski definition) is 4. The van der Waals surface area contributed by atoms with Gasteiger partial charge in [0.15, 0.2) is 0 Å². The molecular weight excluding hydrogens is 454 g/mol. The van der Waals surface area contributed by atoms with Gasteiger partial charge in [0.05, 0.1) is 0 Å². The maximum atomic E-state index is 14.8. The summed E-state index contributed by atoms with van der Waals surface area (Å²) in [7, 11) is 0. The molecule has 2 aromatic carbocycles. The lowest BCUT2D eigenvalue weighted by Crippen LogP contribution is -2.52. The number of halogens is 2. The molecule has 2 aromatic rings. The standard InChI is InChI=1S/C27H26F2N2O4/c1-26(12-13-26)18-4-6-19(7-5-18)27(28,29)22(32)10-3-16-2-8-20-17(14-16)15-31(25(20)35)21-9-11-23(33)30-24(21)34/h2,4-8,14,21H,3,9-13,15H2,1H3,(H,30,33,34). The zero-order chi connectivity index (χ0) is 25.0. The van der Waals surface area contributed by atoms with Crippen molar-refractivity contribution in [3.05, 3.63) is 70.3 Å². The van der Waals surface area contributed by atoms with Gasteiger partial charge in [0.2, 0.25) is 17.6 Å². The number of imide groups is 1. The summed E-state index contributed by atoms with van der Waals surface area (Å²) in [5.74, 6) is -5.86. The number of alkyl halides is 2. The zero-order valence-electron chi connectivity index (χ0n) is 19.4. The van der Waals surface area contributed by atoms with Crippen molar-refractivity contribution >= 4 is 23.5 Å². The molecule has 1 atom stereocenters. The molecule has 3 aliphatic rings. The van der Waals surface area contributed by atoms with Gasteiger partial charge in [-0.3, -0.25) is 24.5 Å². The molecule has 8 heteroatoms. The lowest BCUT2D eigenvalue weighted by molar-refractivity contribution is -0.144. The van der Waals surface area contributed by atoms with Gasteiger partial charge in [-0.2, -0.15) is 8.78 Å². The Bertz CT molecular complexity index is 1230. The number of ketones is 1. The van der Waals surface area contributed by atoms with Crippen LogP contribution in [0.2, 0.25) is 0 Å². The molecule has 182 valence electrons. The average Bonchev–Trinajstić information content (AvgIpc) is 3.51. The number of nitrogens with one attached hydrogen (secondary N) is 1. The summed E-state index contributed by atoms with van der Waals surface area (Å²) in [6.45, 7) is 2.29. The Morgan fingerprint density at radius 1 is 1.11 bits per heavy atom. The van der Waals surface area contributed by atoms with Crippen LogP contribution in [-0.4, -0.2) is 34.4 Å². The number of hydrogen-bond donors (Lipinski definition) is 1. The van der Waals surface area contributed by atoms with E-state index in [-0.39, 0.29) is 55.0 Å². The van der Waals surface area contributed by atoms with Crippen LogP contribution in [0.5, 0.6) is 0 Å². The van der Waals surface area contributed by atoms with Crippen LogP contribution in [0, 0.1) is 0 Å². The monoisotopic (exact) mass is 480 g/mol. The van der Waals surface area contributed by atoms with E-state index in [0.29, 0.717) is 16.7 Å². The maximum absolute atomic E-state index is 14.8. The van der Waals surface area contributed by atoms with Gasteiger partial charge in [-0.1, -0.05) is 43.3 Å². The van der Waals surface area contributed by atoms with E-state index in [4.69, 9.17) is 0 Å². The summed E-state index contributed by atoms with van der Waals surface area (Å²) in [4.78, 5) is 50.3. The van der Waals surface area contributed by atoms with Crippen LogP contribution in [0.25, 0.3) is 0 Å². The van der Waals surface area contributed by atoms with Gasteiger partial charge in [-0.05, 0) is 53.9 Å². The number of fused-ring (bicyclic) bond motifs is 1. The molecule has 0 aromatic heterocycles. The van der Waals surface area contributed by atoms with Gasteiger partial charge in [0, 0.05) is 30.5 Å². The Balaban J connectivity index is 1.23. The van der Waals surface area contributed by atoms with Crippen molar-refractivity contribution in [2.24, 2.45) is 0 Å². The molecule has 1 saturated heterocycles. The predicted octanol–water partition coefficient (Wildman–Crippen LogP) is 3.79. The summed E-state index contributed by atoms with van der Waals surface area (Å²) in [5, 5.41) is 2.26. The highest BCUT2D eigenvalue weighted by atomic mass is 19.3. The number of Topliss-reactive ketones (excluding diaryl/α,β-unsaturated/α-hetero) is 1. The third-order valence-corrected chi connectivity index (χ3v) is 7.52. The van der Waals surface area contributed by atoms with Gasteiger partial charge in [0.1, 0.15) is 6.04 Å². The molecule has 0 radical (unpaired) electrons. The van der Waals surface area contributed by atoms with Crippen LogP contribution in [0.15, 0.2) is 42.5 Å². The highest BCUT2D eigenvalue weighted by molar-refractivity contribution is 6.05. The predicted molar refractivity (Wildman–Crippen MR) is 123 cm³/mol. The normalized spacial score (nSPS) is 21.1. The maximum Gasteiger partial charge on any atom is 0.330 e. The average molecular weight is 481 g/mol. The van der Waals surface area contributed by atoms with Gasteiger partial charge in [-0.25, -0.2) is 0 Å². The van der Waals surface area contributed by atoms with Crippen molar-refractivity contribution in [3.63, 3.8) is 0 Å². The summed E-state index contributed by atoms with van der Waals surface area (Å²) in [5.41, 5.74) is 2.59. The van der Waals surface area contributed by atoms with Crippen LogP contribution in [0.3, 0.4) is 0 Å². The number of nitrogens with zero attached hydrogens (tertiary/aromatic N) is 1. The van der Waals surface area contributed by atoms with Crippen LogP contribution in [0.4, 0.5) is 8.78 Å². The largest absolute Gasteiger partial charge is 0.330 e. The van der Waals surface area contributed by atoms with E-state index in [1.165, 1.54) is 17.0 Å². The molecule has 2 fully saturated rings. The second kappa shape index (κ2) is 8.36. The summed E-state index contributed by atoms with van der Waals surface area (Å²) < 4.78 is 29.7. The number of aryl methyl sites for hydroxylation is 1. The van der Waals surface area contributed by atoms with Crippen molar-refractivity contribution in [2.75, 3.05) is 0 Å². The smallest absolute Gasteiger partial charge is 0.322 e. The first-order valence-corrected chi connectivity index (χ1v) is 11.9. The molecule has 1 aliphatic carbocycles. The van der Waals surface area contributed by atoms with Crippen molar-refractivity contribution < 1.29 is 28.0 Å². The van der Waals surface area contributed by atoms with Crippen molar-refractivity contribution in [1.29, 1.82) is 0 Å². The fraction of sp³-hybridized carbons (Fsp3) is 0.407. The molecule has 0 bridgehead atoms. The van der Waals surface area contributed by atoms with E-state index >= 15 is 0 Å². The Morgan fingerprint density at radius 2 is 1.83 bits per heavy atom. The number of benzene rings is 2. The number of carbonyl (C=O) groups is 4. The SMILES string of the molecule is CC1(c2ccc(C(F)(F)C(=O)CCc3ccc4c(c3)CN(C3CCC(=O)NC3=O)C4=O)cc2)CC1. The Labute approximate surface area is 201 Å². The van der Waals surface area contributed by atoms with E-state index < -0.39 is 23.7 Å². The third-order valence-electron chi connectivity index (χ3n) is 7.52. The third kappa shape index (κ3) is 4.26. The molecule has 2 aliphatic heterocycles. The Hall–Kier alpha value is -3.42. The van der Waals surface area contributed by atoms with E-state index in [1.54, 1.807) is 30.3 Å². The molecule has 1 N–H and O–H groups in total. The quantitative estimate of drug-likeness (QED) is 0.612. The lowest BCUT2D eigenvalue weighted by Gasteiger charge is -2.29. The van der Waals surface area contributed by atoms with E-state index in [9.17, 15) is 28.0 Å². The van der Waals surface area contributed by atoms with Crippen molar-refractivity contribution in [3.8, 4) is 0 Å². The van der Waals surface area contributed by atoms with Gasteiger partial charge in [-0.15, -0.1) is 0 Å². The molecule has 1 unspecified atom stereocenters. The van der Waals surface area contributed by atoms with E-state index in [2.05, 4.69) is 12.2 Å². The van der Waals surface area contributed by atoms with E-state index in [0.717, 1.165) is 18.4 Å². The summed E-state index contributed by atoms with van der Waals surface area (Å²) in [6.07, 6.45) is 2.29. The first-order chi connectivity index (χ1) is 16.6. The highest BCUT2D eigenvalue weighted by Gasteiger charge is 2.42. The minimum atomic E-state index is -3.57. The topological polar surface area (TPSA) is 83.6 Å².